The molecule has 7 nitrogen and oxygen atoms in total. The molecule has 1 N–H and O–H groups in total. The summed E-state index contributed by atoms with van der Waals surface area (Å²) in [7, 11) is 0. The van der Waals surface area contributed by atoms with Crippen LogP contribution in [-0.2, 0) is 6.54 Å². The fourth-order valence-electron chi connectivity index (χ4n) is 5.40. The summed E-state index contributed by atoms with van der Waals surface area (Å²) in [5.41, 5.74) is 3.58. The minimum absolute atomic E-state index is 0.290. The lowest BCUT2D eigenvalue weighted by atomic mass is 9.78. The Labute approximate surface area is 187 Å². The second-order valence-electron chi connectivity index (χ2n) is 9.54. The maximum absolute atomic E-state index is 12.1. The largest absolute Gasteiger partial charge is 0.487 e. The number of aryl methyl sites for hydroxylation is 3. The van der Waals surface area contributed by atoms with Crippen LogP contribution in [0.25, 0.3) is 11.0 Å². The van der Waals surface area contributed by atoms with Crippen LogP contribution in [0.2, 0.25) is 0 Å². The molecule has 1 aromatic carbocycles. The van der Waals surface area contributed by atoms with Crippen LogP contribution in [0.1, 0.15) is 41.1 Å². The molecule has 3 aromatic rings. The van der Waals surface area contributed by atoms with E-state index in [0.29, 0.717) is 34.6 Å². The number of hydrogen-bond donors (Lipinski definition) is 1. The smallest absolute Gasteiger partial charge is 0.339 e. The molecule has 7 heteroatoms. The molecule has 32 heavy (non-hydrogen) atoms. The van der Waals surface area contributed by atoms with E-state index in [4.69, 9.17) is 13.6 Å². The minimum Gasteiger partial charge on any atom is -0.487 e. The highest BCUT2D eigenvalue weighted by molar-refractivity contribution is 5.88. The number of benzene rings is 1. The highest BCUT2D eigenvalue weighted by atomic mass is 16.5. The Morgan fingerprint density at radius 3 is 2.59 bits per heavy atom. The Kier molecular flexibility index (Phi) is 5.34. The first-order valence-corrected chi connectivity index (χ1v) is 11.3. The van der Waals surface area contributed by atoms with E-state index in [1.807, 2.05) is 32.9 Å². The standard InChI is InChI=1S/C25H30N2O5/c1-13-5-22(24-14(2)15(3)25(29)32-23(24)6-13)31-21-8-18-10-27(9-17(18)7-20(21)28)11-19-12-30-16(4)26-19/h5-6,12,17-18,20-21,28H,7-11H2,1-4H3/t17-,18+,20+,21+/m0/s1. The summed E-state index contributed by atoms with van der Waals surface area (Å²) in [6, 6.07) is 3.84. The number of likely N-dealkylation sites (tertiary alicyclic amines) is 1. The SMILES string of the molecule is Cc1cc(O[C@@H]2C[C@@H]3CN(Cc4coc(C)n4)C[C@@H]3C[C@H]2O)c2c(C)c(C)c(=O)oc2c1. The molecule has 1 saturated carbocycles. The Morgan fingerprint density at radius 1 is 1.12 bits per heavy atom. The second-order valence-corrected chi connectivity index (χ2v) is 9.54. The fourth-order valence-corrected chi connectivity index (χ4v) is 5.40. The molecule has 4 atom stereocenters. The summed E-state index contributed by atoms with van der Waals surface area (Å²) in [4.78, 5) is 19.0. The van der Waals surface area contributed by atoms with Gasteiger partial charge < -0.3 is 18.7 Å². The normalized spacial score (nSPS) is 25.9. The van der Waals surface area contributed by atoms with Gasteiger partial charge in [0.05, 0.1) is 17.2 Å². The van der Waals surface area contributed by atoms with E-state index in [0.717, 1.165) is 54.7 Å². The Hall–Kier alpha value is -2.64. The average Bonchev–Trinajstić information content (AvgIpc) is 3.31. The highest BCUT2D eigenvalue weighted by Gasteiger charge is 2.43. The van der Waals surface area contributed by atoms with Crippen LogP contribution in [0.5, 0.6) is 5.75 Å². The molecule has 0 unspecified atom stereocenters. The zero-order valence-corrected chi connectivity index (χ0v) is 19.1. The minimum atomic E-state index is -0.529. The molecule has 2 aromatic heterocycles. The van der Waals surface area contributed by atoms with Gasteiger partial charge in [-0.3, -0.25) is 4.90 Å². The Bertz CT molecular complexity index is 1210. The molecular formula is C25H30N2O5. The maximum atomic E-state index is 12.1. The third kappa shape index (κ3) is 3.84. The predicted molar refractivity (Wildman–Crippen MR) is 120 cm³/mol. The molecule has 2 fully saturated rings. The molecular weight excluding hydrogens is 408 g/mol. The summed E-state index contributed by atoms with van der Waals surface area (Å²) in [5.74, 6) is 2.29. The number of aliphatic hydroxyl groups excluding tert-OH is 1. The van der Waals surface area contributed by atoms with Gasteiger partial charge in [0, 0.05) is 32.1 Å². The van der Waals surface area contributed by atoms with Gasteiger partial charge in [-0.15, -0.1) is 0 Å². The van der Waals surface area contributed by atoms with Crippen molar-refractivity contribution >= 4 is 11.0 Å². The van der Waals surface area contributed by atoms with E-state index in [1.54, 1.807) is 13.2 Å². The van der Waals surface area contributed by atoms with Crippen LogP contribution >= 0.6 is 0 Å². The monoisotopic (exact) mass is 438 g/mol. The third-order valence-electron chi connectivity index (χ3n) is 7.15. The van der Waals surface area contributed by atoms with Crippen molar-refractivity contribution in [3.05, 3.63) is 57.1 Å². The van der Waals surface area contributed by atoms with Crippen LogP contribution in [-0.4, -0.2) is 40.3 Å². The van der Waals surface area contributed by atoms with Gasteiger partial charge in [-0.1, -0.05) is 0 Å². The first-order valence-electron chi connectivity index (χ1n) is 11.3. The van der Waals surface area contributed by atoms with Crippen molar-refractivity contribution in [1.29, 1.82) is 0 Å². The van der Waals surface area contributed by atoms with Crippen LogP contribution in [0, 0.1) is 39.5 Å². The fraction of sp³-hybridized carbons (Fsp3) is 0.520. The number of ether oxygens (including phenoxy) is 1. The number of rotatable bonds is 4. The average molecular weight is 439 g/mol. The first kappa shape index (κ1) is 21.2. The number of aliphatic hydroxyl groups is 1. The van der Waals surface area contributed by atoms with Crippen molar-refractivity contribution in [2.24, 2.45) is 11.8 Å². The molecule has 5 rings (SSSR count). The second kappa shape index (κ2) is 8.05. The molecule has 3 heterocycles. The zero-order chi connectivity index (χ0) is 22.6. The Balaban J connectivity index is 1.36. The summed E-state index contributed by atoms with van der Waals surface area (Å²) < 4.78 is 17.3. The molecule has 0 amide bonds. The number of hydrogen-bond acceptors (Lipinski definition) is 7. The third-order valence-corrected chi connectivity index (χ3v) is 7.15. The zero-order valence-electron chi connectivity index (χ0n) is 19.1. The molecule has 0 radical (unpaired) electrons. The number of oxazole rings is 1. The van der Waals surface area contributed by atoms with Gasteiger partial charge in [0.2, 0.25) is 0 Å². The van der Waals surface area contributed by atoms with E-state index in [1.165, 1.54) is 0 Å². The molecule has 0 spiro atoms. The highest BCUT2D eigenvalue weighted by Crippen LogP contribution is 2.40. The molecule has 0 bridgehead atoms. The quantitative estimate of drug-likeness (QED) is 0.622. The Morgan fingerprint density at radius 2 is 1.88 bits per heavy atom. The van der Waals surface area contributed by atoms with Crippen molar-refractivity contribution in [2.75, 3.05) is 13.1 Å². The van der Waals surface area contributed by atoms with E-state index in [9.17, 15) is 9.90 Å². The summed E-state index contributed by atoms with van der Waals surface area (Å²) in [6.45, 7) is 10.2. The van der Waals surface area contributed by atoms with E-state index in [2.05, 4.69) is 9.88 Å². The van der Waals surface area contributed by atoms with Crippen molar-refractivity contribution < 1.29 is 18.7 Å². The van der Waals surface area contributed by atoms with Crippen molar-refractivity contribution in [2.45, 2.75) is 59.3 Å². The summed E-state index contributed by atoms with van der Waals surface area (Å²) in [6.07, 6.45) is 2.43. The molecule has 1 aliphatic heterocycles. The predicted octanol–water partition coefficient (Wildman–Crippen LogP) is 3.66. The van der Waals surface area contributed by atoms with Gasteiger partial charge in [0.1, 0.15) is 23.7 Å². The van der Waals surface area contributed by atoms with Gasteiger partial charge in [0.25, 0.3) is 0 Å². The van der Waals surface area contributed by atoms with E-state index in [-0.39, 0.29) is 11.7 Å². The van der Waals surface area contributed by atoms with Gasteiger partial charge in [0.15, 0.2) is 5.89 Å². The van der Waals surface area contributed by atoms with Crippen LogP contribution in [0.4, 0.5) is 0 Å². The van der Waals surface area contributed by atoms with Crippen LogP contribution < -0.4 is 10.4 Å². The molecule has 170 valence electrons. The topological polar surface area (TPSA) is 88.9 Å². The van der Waals surface area contributed by atoms with Crippen LogP contribution in [0.3, 0.4) is 0 Å². The molecule has 1 saturated heterocycles. The number of fused-ring (bicyclic) bond motifs is 2. The lowest BCUT2D eigenvalue weighted by Gasteiger charge is -2.35. The van der Waals surface area contributed by atoms with Crippen molar-refractivity contribution in [3.63, 3.8) is 0 Å². The van der Waals surface area contributed by atoms with E-state index < -0.39 is 6.10 Å². The van der Waals surface area contributed by atoms with Crippen molar-refractivity contribution in [3.8, 4) is 5.75 Å². The van der Waals surface area contributed by atoms with Gasteiger partial charge in [-0.25, -0.2) is 9.78 Å². The van der Waals surface area contributed by atoms with Crippen molar-refractivity contribution in [1.82, 2.24) is 9.88 Å². The maximum Gasteiger partial charge on any atom is 0.339 e. The van der Waals surface area contributed by atoms with E-state index >= 15 is 0 Å². The van der Waals surface area contributed by atoms with Gasteiger partial charge in [-0.05, 0) is 68.7 Å². The lowest BCUT2D eigenvalue weighted by Crippen LogP contribution is -2.42. The van der Waals surface area contributed by atoms with Gasteiger partial charge >= 0.3 is 5.63 Å². The first-order chi connectivity index (χ1) is 15.3. The van der Waals surface area contributed by atoms with Crippen LogP contribution in [0.15, 0.2) is 32.0 Å². The summed E-state index contributed by atoms with van der Waals surface area (Å²) >= 11 is 0. The summed E-state index contributed by atoms with van der Waals surface area (Å²) in [5, 5.41) is 11.7. The van der Waals surface area contributed by atoms with Gasteiger partial charge in [-0.2, -0.15) is 0 Å². The molecule has 2 aliphatic rings. The number of nitrogens with zero attached hydrogens (tertiary/aromatic N) is 2. The lowest BCUT2D eigenvalue weighted by molar-refractivity contribution is -0.0225. The number of aromatic nitrogens is 1. The molecule has 1 aliphatic carbocycles.